The van der Waals surface area contributed by atoms with E-state index < -0.39 is 0 Å². The maximum Gasteiger partial charge on any atom is 0.254 e. The van der Waals surface area contributed by atoms with Gasteiger partial charge < -0.3 is 9.64 Å². The fourth-order valence-corrected chi connectivity index (χ4v) is 3.07. The van der Waals surface area contributed by atoms with Crippen LogP contribution in [-0.4, -0.2) is 38.8 Å². The summed E-state index contributed by atoms with van der Waals surface area (Å²) in [6.07, 6.45) is 5.45. The normalized spacial score (nSPS) is 17.1. The van der Waals surface area contributed by atoms with Gasteiger partial charge in [-0.25, -0.2) is 4.98 Å². The molecule has 7 nitrogen and oxygen atoms in total. The van der Waals surface area contributed by atoms with Crippen molar-refractivity contribution >= 4 is 11.6 Å². The first-order valence-corrected chi connectivity index (χ1v) is 7.89. The largest absolute Gasteiger partial charge is 0.491 e. The number of hydrogen-bond donors (Lipinski definition) is 0. The Labute approximate surface area is 139 Å². The number of fused-ring (bicyclic) bond motifs is 1. The summed E-state index contributed by atoms with van der Waals surface area (Å²) in [4.78, 5) is 10.7. The van der Waals surface area contributed by atoms with Crippen molar-refractivity contribution in [3.8, 4) is 11.8 Å². The molecule has 0 bridgehead atoms. The first-order chi connectivity index (χ1) is 11.8. The number of aromatic nitrogens is 4. The molecule has 24 heavy (non-hydrogen) atoms. The van der Waals surface area contributed by atoms with Crippen molar-refractivity contribution < 1.29 is 4.74 Å². The highest BCUT2D eigenvalue weighted by molar-refractivity contribution is 5.47. The molecule has 0 spiro atoms. The molecule has 0 aliphatic carbocycles. The molecule has 1 saturated heterocycles. The summed E-state index contributed by atoms with van der Waals surface area (Å²) in [6.45, 7) is 1.55. The van der Waals surface area contributed by atoms with Gasteiger partial charge in [0.25, 0.3) is 5.78 Å². The molecule has 1 aliphatic rings. The summed E-state index contributed by atoms with van der Waals surface area (Å²) in [7, 11) is 0. The number of nitrogens with zero attached hydrogens (tertiary/aromatic N) is 6. The molecule has 3 heterocycles. The van der Waals surface area contributed by atoms with E-state index in [0.717, 1.165) is 31.0 Å². The smallest absolute Gasteiger partial charge is 0.254 e. The summed E-state index contributed by atoms with van der Waals surface area (Å²) in [6, 6.07) is 11.5. The molecule has 1 atom stereocenters. The van der Waals surface area contributed by atoms with Crippen LogP contribution in [0.3, 0.4) is 0 Å². The molecule has 0 N–H and O–H groups in total. The van der Waals surface area contributed by atoms with Crippen LogP contribution in [0.25, 0.3) is 5.78 Å². The first-order valence-electron chi connectivity index (χ1n) is 7.89. The standard InChI is InChI=1S/C17H16N6O/c18-10-13-3-5-15(6-4-13)24-11-14-2-1-9-22(14)16-7-8-19-17-20-12-21-23(16)17/h3-8,12,14H,1-2,9,11H2. The van der Waals surface area contributed by atoms with Crippen molar-refractivity contribution in [1.29, 1.82) is 5.26 Å². The highest BCUT2D eigenvalue weighted by Gasteiger charge is 2.27. The Hall–Kier alpha value is -3.14. The van der Waals surface area contributed by atoms with Crippen LogP contribution in [0.2, 0.25) is 0 Å². The van der Waals surface area contributed by atoms with Crippen LogP contribution in [-0.2, 0) is 0 Å². The van der Waals surface area contributed by atoms with E-state index in [1.807, 2.05) is 18.2 Å². The van der Waals surface area contributed by atoms with Gasteiger partial charge in [0, 0.05) is 12.7 Å². The van der Waals surface area contributed by atoms with Crippen molar-refractivity contribution in [1.82, 2.24) is 19.6 Å². The summed E-state index contributed by atoms with van der Waals surface area (Å²) in [5.74, 6) is 2.37. The van der Waals surface area contributed by atoms with E-state index in [-0.39, 0.29) is 6.04 Å². The minimum atomic E-state index is 0.274. The summed E-state index contributed by atoms with van der Waals surface area (Å²) < 4.78 is 7.69. The molecule has 2 aromatic heterocycles. The lowest BCUT2D eigenvalue weighted by Crippen LogP contribution is -2.35. The molecule has 7 heteroatoms. The molecule has 4 rings (SSSR count). The Bertz CT molecular complexity index is 882. The molecule has 1 aliphatic heterocycles. The fourth-order valence-electron chi connectivity index (χ4n) is 3.07. The molecular weight excluding hydrogens is 304 g/mol. The number of rotatable bonds is 4. The molecule has 0 saturated carbocycles. The number of ether oxygens (including phenoxy) is 1. The third-order valence-corrected chi connectivity index (χ3v) is 4.26. The lowest BCUT2D eigenvalue weighted by atomic mass is 10.2. The van der Waals surface area contributed by atoms with Gasteiger partial charge in [0.15, 0.2) is 0 Å². The van der Waals surface area contributed by atoms with E-state index in [0.29, 0.717) is 17.9 Å². The second kappa shape index (κ2) is 6.16. The Kier molecular flexibility index (Phi) is 3.71. The van der Waals surface area contributed by atoms with Gasteiger partial charge >= 0.3 is 0 Å². The predicted molar refractivity (Wildman–Crippen MR) is 87.8 cm³/mol. The highest BCUT2D eigenvalue weighted by atomic mass is 16.5. The van der Waals surface area contributed by atoms with Gasteiger partial charge in [0.1, 0.15) is 24.5 Å². The van der Waals surface area contributed by atoms with Crippen molar-refractivity contribution in [3.63, 3.8) is 0 Å². The average Bonchev–Trinajstić information content (AvgIpc) is 3.29. The maximum atomic E-state index is 8.84. The zero-order valence-corrected chi connectivity index (χ0v) is 13.0. The Morgan fingerprint density at radius 3 is 2.92 bits per heavy atom. The second-order valence-electron chi connectivity index (χ2n) is 5.71. The quantitative estimate of drug-likeness (QED) is 0.732. The van der Waals surface area contributed by atoms with E-state index in [1.165, 1.54) is 6.33 Å². The van der Waals surface area contributed by atoms with Gasteiger partial charge in [-0.15, -0.1) is 0 Å². The summed E-state index contributed by atoms with van der Waals surface area (Å²) in [5.41, 5.74) is 0.634. The Morgan fingerprint density at radius 1 is 1.21 bits per heavy atom. The Morgan fingerprint density at radius 2 is 2.08 bits per heavy atom. The SMILES string of the molecule is N#Cc1ccc(OCC2CCCN2c2ccnc3ncnn23)cc1. The molecule has 0 amide bonds. The molecule has 1 fully saturated rings. The lowest BCUT2D eigenvalue weighted by Gasteiger charge is -2.26. The van der Waals surface area contributed by atoms with Gasteiger partial charge in [-0.1, -0.05) is 0 Å². The van der Waals surface area contributed by atoms with Gasteiger partial charge in [-0.3, -0.25) is 0 Å². The Balaban J connectivity index is 1.50. The fraction of sp³-hybridized carbons (Fsp3) is 0.294. The topological polar surface area (TPSA) is 79.3 Å². The average molecular weight is 320 g/mol. The zero-order valence-electron chi connectivity index (χ0n) is 13.0. The van der Waals surface area contributed by atoms with Gasteiger partial charge in [-0.05, 0) is 43.2 Å². The van der Waals surface area contributed by atoms with Crippen LogP contribution >= 0.6 is 0 Å². The number of nitriles is 1. The molecule has 3 aromatic rings. The molecule has 120 valence electrons. The number of benzene rings is 1. The molecule has 1 unspecified atom stereocenters. The minimum Gasteiger partial charge on any atom is -0.491 e. The van der Waals surface area contributed by atoms with E-state index >= 15 is 0 Å². The second-order valence-corrected chi connectivity index (χ2v) is 5.71. The van der Waals surface area contributed by atoms with E-state index in [4.69, 9.17) is 10.00 Å². The predicted octanol–water partition coefficient (Wildman–Crippen LogP) is 2.04. The monoisotopic (exact) mass is 320 g/mol. The summed E-state index contributed by atoms with van der Waals surface area (Å²) >= 11 is 0. The van der Waals surface area contributed by atoms with Crippen LogP contribution < -0.4 is 9.64 Å². The van der Waals surface area contributed by atoms with Crippen molar-refractivity contribution in [2.24, 2.45) is 0 Å². The van der Waals surface area contributed by atoms with Crippen molar-refractivity contribution in [2.75, 3.05) is 18.1 Å². The van der Waals surface area contributed by atoms with Gasteiger partial charge in [0.05, 0.1) is 17.7 Å². The van der Waals surface area contributed by atoms with Crippen molar-refractivity contribution in [3.05, 3.63) is 48.4 Å². The minimum absolute atomic E-state index is 0.274. The van der Waals surface area contributed by atoms with E-state index in [9.17, 15) is 0 Å². The van der Waals surface area contributed by atoms with Gasteiger partial charge in [0.2, 0.25) is 0 Å². The van der Waals surface area contributed by atoms with Crippen LogP contribution in [0.15, 0.2) is 42.9 Å². The molecular formula is C17H16N6O. The number of anilines is 1. The lowest BCUT2D eigenvalue weighted by molar-refractivity contribution is 0.288. The third-order valence-electron chi connectivity index (χ3n) is 4.26. The summed E-state index contributed by atoms with van der Waals surface area (Å²) in [5, 5.41) is 13.1. The van der Waals surface area contributed by atoms with E-state index in [1.54, 1.807) is 22.8 Å². The van der Waals surface area contributed by atoms with E-state index in [2.05, 4.69) is 26.0 Å². The highest BCUT2D eigenvalue weighted by Crippen LogP contribution is 2.26. The molecule has 0 radical (unpaired) electrons. The molecule has 1 aromatic carbocycles. The van der Waals surface area contributed by atoms with Crippen LogP contribution in [0.4, 0.5) is 5.82 Å². The maximum absolute atomic E-state index is 8.84. The van der Waals surface area contributed by atoms with Crippen LogP contribution in [0.5, 0.6) is 5.75 Å². The van der Waals surface area contributed by atoms with Crippen LogP contribution in [0.1, 0.15) is 18.4 Å². The number of hydrogen-bond acceptors (Lipinski definition) is 6. The third kappa shape index (κ3) is 2.63. The van der Waals surface area contributed by atoms with Crippen molar-refractivity contribution in [2.45, 2.75) is 18.9 Å². The zero-order chi connectivity index (χ0) is 16.4. The first kappa shape index (κ1) is 14.5. The van der Waals surface area contributed by atoms with Gasteiger partial charge in [-0.2, -0.15) is 19.9 Å². The van der Waals surface area contributed by atoms with Crippen LogP contribution in [0, 0.1) is 11.3 Å².